The molecule has 5 heteroatoms. The maximum Gasteiger partial charge on any atom is 0.338 e. The quantitative estimate of drug-likeness (QED) is 0.781. The Bertz CT molecular complexity index is 617. The third-order valence-corrected chi connectivity index (χ3v) is 5.50. The third kappa shape index (κ3) is 2.39. The first kappa shape index (κ1) is 14.1. The number of carbonyl (C=O) groups excluding carboxylic acids is 1. The fourth-order valence-electron chi connectivity index (χ4n) is 2.49. The summed E-state index contributed by atoms with van der Waals surface area (Å²) >= 11 is 0. The van der Waals surface area contributed by atoms with Crippen molar-refractivity contribution >= 4 is 15.8 Å². The predicted molar refractivity (Wildman–Crippen MR) is 72.2 cm³/mol. The van der Waals surface area contributed by atoms with Gasteiger partial charge in [-0.05, 0) is 36.0 Å². The Kier molecular flexibility index (Phi) is 3.67. The number of rotatable bonds is 2. The highest BCUT2D eigenvalue weighted by molar-refractivity contribution is 7.91. The number of sulfone groups is 1. The van der Waals surface area contributed by atoms with Crippen LogP contribution in [0.2, 0.25) is 0 Å². The van der Waals surface area contributed by atoms with Gasteiger partial charge in [-0.15, -0.1) is 0 Å². The van der Waals surface area contributed by atoms with Crippen molar-refractivity contribution in [3.63, 3.8) is 0 Å². The van der Waals surface area contributed by atoms with Crippen molar-refractivity contribution in [2.24, 2.45) is 0 Å². The lowest BCUT2D eigenvalue weighted by Crippen LogP contribution is -2.20. The molecule has 104 valence electrons. The first-order valence-electron chi connectivity index (χ1n) is 6.38. The van der Waals surface area contributed by atoms with E-state index >= 15 is 0 Å². The standard InChI is InChI=1S/C14H18O4S/c1-4-10-7-11-9(2)5-6-19(16,17)13(11)8-12(10)14(15)18-3/h7-9H,4-6H2,1-3H3. The van der Waals surface area contributed by atoms with Crippen LogP contribution in [0.5, 0.6) is 0 Å². The second-order valence-corrected chi connectivity index (χ2v) is 6.98. The highest BCUT2D eigenvalue weighted by Gasteiger charge is 2.30. The molecular formula is C14H18O4S. The second kappa shape index (κ2) is 4.96. The monoisotopic (exact) mass is 282 g/mol. The maximum absolute atomic E-state index is 12.1. The van der Waals surface area contributed by atoms with Crippen LogP contribution in [0.25, 0.3) is 0 Å². The number of aryl methyl sites for hydroxylation is 1. The van der Waals surface area contributed by atoms with E-state index in [-0.39, 0.29) is 11.7 Å². The Balaban J connectivity index is 2.71. The predicted octanol–water partition coefficient (Wildman–Crippen LogP) is 2.32. The molecule has 0 N–H and O–H groups in total. The van der Waals surface area contributed by atoms with Gasteiger partial charge >= 0.3 is 5.97 Å². The van der Waals surface area contributed by atoms with Crippen molar-refractivity contribution in [2.75, 3.05) is 12.9 Å². The minimum atomic E-state index is -3.27. The fourth-order valence-corrected chi connectivity index (χ4v) is 4.29. The molecule has 2 rings (SSSR count). The Labute approximate surface area is 113 Å². The molecule has 1 aromatic rings. The number of methoxy groups -OCH3 is 1. The molecular weight excluding hydrogens is 264 g/mol. The molecule has 1 aliphatic rings. The normalized spacial score (nSPS) is 20.7. The highest BCUT2D eigenvalue weighted by atomic mass is 32.2. The van der Waals surface area contributed by atoms with Crippen LogP contribution in [0.15, 0.2) is 17.0 Å². The zero-order chi connectivity index (χ0) is 14.2. The largest absolute Gasteiger partial charge is 0.465 e. The molecule has 1 aliphatic heterocycles. The van der Waals surface area contributed by atoms with Crippen LogP contribution < -0.4 is 0 Å². The molecule has 0 radical (unpaired) electrons. The van der Waals surface area contributed by atoms with Crippen molar-refractivity contribution in [1.29, 1.82) is 0 Å². The number of fused-ring (bicyclic) bond motifs is 1. The highest BCUT2D eigenvalue weighted by Crippen LogP contribution is 2.35. The molecule has 1 heterocycles. The van der Waals surface area contributed by atoms with Crippen LogP contribution in [0.4, 0.5) is 0 Å². The van der Waals surface area contributed by atoms with Crippen molar-refractivity contribution in [2.45, 2.75) is 37.5 Å². The molecule has 0 bridgehead atoms. The number of hydrogen-bond donors (Lipinski definition) is 0. The van der Waals surface area contributed by atoms with Gasteiger partial charge in [0.05, 0.1) is 23.3 Å². The summed E-state index contributed by atoms with van der Waals surface area (Å²) in [6, 6.07) is 3.34. The van der Waals surface area contributed by atoms with E-state index in [0.29, 0.717) is 23.3 Å². The molecule has 0 amide bonds. The Morgan fingerprint density at radius 1 is 1.42 bits per heavy atom. The molecule has 1 atom stereocenters. The number of esters is 1. The van der Waals surface area contributed by atoms with Crippen molar-refractivity contribution in [3.8, 4) is 0 Å². The molecule has 0 aromatic heterocycles. The van der Waals surface area contributed by atoms with Gasteiger partial charge in [-0.25, -0.2) is 13.2 Å². The summed E-state index contributed by atoms with van der Waals surface area (Å²) in [6.07, 6.45) is 1.31. The van der Waals surface area contributed by atoms with E-state index < -0.39 is 15.8 Å². The van der Waals surface area contributed by atoms with Gasteiger partial charge in [0.1, 0.15) is 0 Å². The van der Waals surface area contributed by atoms with Crippen LogP contribution >= 0.6 is 0 Å². The van der Waals surface area contributed by atoms with Crippen LogP contribution in [-0.2, 0) is 21.0 Å². The van der Waals surface area contributed by atoms with E-state index in [1.807, 2.05) is 19.9 Å². The molecule has 4 nitrogen and oxygen atoms in total. The average Bonchev–Trinajstić information content (AvgIpc) is 2.41. The van der Waals surface area contributed by atoms with Crippen LogP contribution in [0.3, 0.4) is 0 Å². The molecule has 0 fully saturated rings. The first-order valence-corrected chi connectivity index (χ1v) is 8.03. The lowest BCUT2D eigenvalue weighted by molar-refractivity contribution is 0.0599. The van der Waals surface area contributed by atoms with Gasteiger partial charge in [-0.1, -0.05) is 19.9 Å². The van der Waals surface area contributed by atoms with E-state index in [1.54, 1.807) is 0 Å². The summed E-state index contributed by atoms with van der Waals surface area (Å²) in [7, 11) is -1.97. The van der Waals surface area contributed by atoms with Crippen LogP contribution in [0, 0.1) is 0 Å². The SMILES string of the molecule is CCc1cc2c(cc1C(=O)OC)S(=O)(=O)CCC2C. The first-order chi connectivity index (χ1) is 8.90. The van der Waals surface area contributed by atoms with Gasteiger partial charge in [0.2, 0.25) is 0 Å². The number of ether oxygens (including phenoxy) is 1. The Morgan fingerprint density at radius 3 is 2.68 bits per heavy atom. The molecule has 1 unspecified atom stereocenters. The minimum Gasteiger partial charge on any atom is -0.465 e. The average molecular weight is 282 g/mol. The Morgan fingerprint density at radius 2 is 2.11 bits per heavy atom. The van der Waals surface area contributed by atoms with E-state index in [4.69, 9.17) is 4.74 Å². The molecule has 0 saturated heterocycles. The van der Waals surface area contributed by atoms with Gasteiger partial charge in [-0.3, -0.25) is 0 Å². The summed E-state index contributed by atoms with van der Waals surface area (Å²) in [5, 5.41) is 0. The number of carbonyl (C=O) groups is 1. The second-order valence-electron chi connectivity index (χ2n) is 4.90. The van der Waals surface area contributed by atoms with E-state index in [9.17, 15) is 13.2 Å². The zero-order valence-electron chi connectivity index (χ0n) is 11.4. The summed E-state index contributed by atoms with van der Waals surface area (Å²) in [4.78, 5) is 12.0. The van der Waals surface area contributed by atoms with Crippen molar-refractivity contribution < 1.29 is 17.9 Å². The van der Waals surface area contributed by atoms with Gasteiger partial charge in [0.15, 0.2) is 9.84 Å². The lowest BCUT2D eigenvalue weighted by Gasteiger charge is -2.24. The van der Waals surface area contributed by atoms with E-state index in [2.05, 4.69) is 0 Å². The molecule has 0 aliphatic carbocycles. The van der Waals surface area contributed by atoms with Crippen molar-refractivity contribution in [3.05, 3.63) is 28.8 Å². The summed E-state index contributed by atoms with van der Waals surface area (Å²) in [5.41, 5.74) is 2.03. The Hall–Kier alpha value is -1.36. The smallest absolute Gasteiger partial charge is 0.338 e. The topological polar surface area (TPSA) is 60.4 Å². The van der Waals surface area contributed by atoms with Gasteiger partial charge < -0.3 is 4.74 Å². The van der Waals surface area contributed by atoms with E-state index in [0.717, 1.165) is 11.1 Å². The number of hydrogen-bond acceptors (Lipinski definition) is 4. The minimum absolute atomic E-state index is 0.146. The van der Waals surface area contributed by atoms with Gasteiger partial charge in [0.25, 0.3) is 0 Å². The molecule has 0 saturated carbocycles. The fraction of sp³-hybridized carbons (Fsp3) is 0.500. The van der Waals surface area contributed by atoms with Crippen LogP contribution in [-0.4, -0.2) is 27.2 Å². The maximum atomic E-state index is 12.1. The lowest BCUT2D eigenvalue weighted by atomic mass is 9.93. The van der Waals surface area contributed by atoms with Crippen LogP contribution in [0.1, 0.15) is 47.7 Å². The molecule has 1 aromatic carbocycles. The number of benzene rings is 1. The van der Waals surface area contributed by atoms with Gasteiger partial charge in [0, 0.05) is 0 Å². The summed E-state index contributed by atoms with van der Waals surface area (Å²) in [6.45, 7) is 3.96. The molecule has 0 spiro atoms. The molecule has 19 heavy (non-hydrogen) atoms. The summed E-state index contributed by atoms with van der Waals surface area (Å²) < 4.78 is 29.0. The van der Waals surface area contributed by atoms with Gasteiger partial charge in [-0.2, -0.15) is 0 Å². The summed E-state index contributed by atoms with van der Waals surface area (Å²) in [5.74, 6) is -0.128. The third-order valence-electron chi connectivity index (χ3n) is 3.71. The van der Waals surface area contributed by atoms with Crippen molar-refractivity contribution in [1.82, 2.24) is 0 Å². The van der Waals surface area contributed by atoms with E-state index in [1.165, 1.54) is 13.2 Å². The zero-order valence-corrected chi connectivity index (χ0v) is 12.2.